The van der Waals surface area contributed by atoms with E-state index >= 15 is 0 Å². The average Bonchev–Trinajstić information content (AvgIpc) is 2.47. The zero-order valence-corrected chi connectivity index (χ0v) is 15.6. The number of unbranched alkanes of at least 4 members (excludes halogenated alkanes) is 8. The Morgan fingerprint density at radius 3 is 1.33 bits per heavy atom. The smallest absolute Gasteiger partial charge is 0.160 e. The Morgan fingerprint density at radius 1 is 0.667 bits per heavy atom. The molecule has 0 aromatic rings. The van der Waals surface area contributed by atoms with Gasteiger partial charge in [0, 0.05) is 0 Å². The van der Waals surface area contributed by atoms with Gasteiger partial charge in [-0.25, -0.2) is 0 Å². The van der Waals surface area contributed by atoms with E-state index in [0.717, 1.165) is 38.5 Å². The first kappa shape index (κ1) is 21.1. The van der Waals surface area contributed by atoms with Crippen LogP contribution in [-0.2, 0) is 4.57 Å². The normalized spacial score (nSPS) is 12.7. The second kappa shape index (κ2) is 13.7. The molecule has 0 spiro atoms. The van der Waals surface area contributed by atoms with E-state index in [1.54, 1.807) is 0 Å². The van der Waals surface area contributed by atoms with E-state index in [-0.39, 0.29) is 5.16 Å². The second-order valence-corrected chi connectivity index (χ2v) is 8.07. The van der Waals surface area contributed by atoms with E-state index in [1.807, 2.05) is 0 Å². The first-order valence-electron chi connectivity index (χ1n) is 9.29. The molecule has 2 nitrogen and oxygen atoms in total. The summed E-state index contributed by atoms with van der Waals surface area (Å²) >= 11 is 0. The predicted molar refractivity (Wildman–Crippen MR) is 94.2 cm³/mol. The minimum absolute atomic E-state index is 0.286. The average molecular weight is 317 g/mol. The van der Waals surface area contributed by atoms with Gasteiger partial charge in [-0.15, -0.1) is 0 Å². The highest BCUT2D eigenvalue weighted by atomic mass is 31.1. The van der Waals surface area contributed by atoms with Crippen LogP contribution in [0.1, 0.15) is 111 Å². The van der Waals surface area contributed by atoms with E-state index in [1.165, 1.54) is 51.4 Å². The molecule has 21 heavy (non-hydrogen) atoms. The summed E-state index contributed by atoms with van der Waals surface area (Å²) in [5, 5.41) is -0.286. The van der Waals surface area contributed by atoms with Gasteiger partial charge in [-0.3, -0.25) is 0 Å². The first-order valence-corrected chi connectivity index (χ1v) is 10.5. The molecule has 0 aliphatic heterocycles. The van der Waals surface area contributed by atoms with E-state index in [0.29, 0.717) is 0 Å². The molecule has 0 heterocycles. The van der Waals surface area contributed by atoms with Crippen molar-refractivity contribution in [3.8, 4) is 0 Å². The minimum Gasteiger partial charge on any atom is -0.160 e. The van der Waals surface area contributed by atoms with Gasteiger partial charge in [0.25, 0.3) is 0 Å². The van der Waals surface area contributed by atoms with Gasteiger partial charge < -0.3 is 0 Å². The van der Waals surface area contributed by atoms with Crippen LogP contribution in [0.15, 0.2) is 0 Å². The third kappa shape index (κ3) is 9.63. The van der Waals surface area contributed by atoms with Crippen molar-refractivity contribution in [3.05, 3.63) is 0 Å². The summed E-state index contributed by atoms with van der Waals surface area (Å²) in [5.74, 6) is 0. The Morgan fingerprint density at radius 2 is 1.00 bits per heavy atom. The van der Waals surface area contributed by atoms with Crippen molar-refractivity contribution in [1.29, 1.82) is 0 Å². The van der Waals surface area contributed by atoms with Crippen molar-refractivity contribution >= 4 is 8.03 Å². The monoisotopic (exact) mass is 317 g/mol. The summed E-state index contributed by atoms with van der Waals surface area (Å²) in [7, 11) is -2.06. The molecule has 0 radical (unpaired) electrons. The quantitative estimate of drug-likeness (QED) is 0.261. The molecule has 0 saturated heterocycles. The lowest BCUT2D eigenvalue weighted by atomic mass is 9.88. The largest absolute Gasteiger partial charge is 0.511 e. The van der Waals surface area contributed by atoms with Gasteiger partial charge in [-0.05, 0) is 43.1 Å². The molecule has 0 aliphatic carbocycles. The molecule has 0 fully saturated rings. The molecule has 126 valence electrons. The Bertz CT molecular complexity index is 242. The molecule has 0 saturated carbocycles. The van der Waals surface area contributed by atoms with Crippen LogP contribution in [0.25, 0.3) is 0 Å². The van der Waals surface area contributed by atoms with Crippen molar-refractivity contribution in [2.24, 2.45) is 0 Å². The summed E-state index contributed by atoms with van der Waals surface area (Å²) < 4.78 is 12.1. The van der Waals surface area contributed by atoms with Gasteiger partial charge >= 0.3 is 8.03 Å². The number of hydrogen-bond acceptors (Lipinski definition) is 1. The van der Waals surface area contributed by atoms with Crippen molar-refractivity contribution in [3.63, 3.8) is 0 Å². The standard InChI is InChI=1S/C18H37O2P/c1-4-7-10-13-16-18(21(19)20,15-12-9-6-3)17-14-11-8-5-2/h4-17H2,1-3H3/p+1. The van der Waals surface area contributed by atoms with Crippen LogP contribution in [-0.4, -0.2) is 10.0 Å². The van der Waals surface area contributed by atoms with Gasteiger partial charge in [0.1, 0.15) is 0 Å². The van der Waals surface area contributed by atoms with Crippen LogP contribution in [0.4, 0.5) is 0 Å². The molecular formula is C18H38O2P+. The molecule has 0 aliphatic rings. The van der Waals surface area contributed by atoms with Gasteiger partial charge in [0.2, 0.25) is 0 Å². The molecule has 0 rings (SSSR count). The van der Waals surface area contributed by atoms with Crippen molar-refractivity contribution in [1.82, 2.24) is 0 Å². The molecule has 3 heteroatoms. The summed E-state index contributed by atoms with van der Waals surface area (Å²) in [5.41, 5.74) is 0. The van der Waals surface area contributed by atoms with Crippen molar-refractivity contribution in [2.45, 2.75) is 116 Å². The lowest BCUT2D eigenvalue weighted by Gasteiger charge is -2.22. The van der Waals surface area contributed by atoms with Crippen LogP contribution in [0.5, 0.6) is 0 Å². The summed E-state index contributed by atoms with van der Waals surface area (Å²) in [6.07, 6.45) is 16.0. The van der Waals surface area contributed by atoms with E-state index in [9.17, 15) is 9.46 Å². The molecule has 0 amide bonds. The SMILES string of the molecule is CCCCCCC(CCCCC)(CCCCCC)[P+](=O)O. The molecule has 0 aromatic carbocycles. The third-order valence-corrected chi connectivity index (χ3v) is 6.13. The van der Waals surface area contributed by atoms with E-state index < -0.39 is 8.03 Å². The zero-order valence-electron chi connectivity index (χ0n) is 14.7. The third-order valence-electron chi connectivity index (χ3n) is 4.64. The summed E-state index contributed by atoms with van der Waals surface area (Å²) in [6, 6.07) is 0. The molecule has 0 aromatic heterocycles. The topological polar surface area (TPSA) is 37.3 Å². The van der Waals surface area contributed by atoms with E-state index in [4.69, 9.17) is 0 Å². The fourth-order valence-corrected chi connectivity index (χ4v) is 4.18. The molecular weight excluding hydrogens is 279 g/mol. The highest BCUT2D eigenvalue weighted by molar-refractivity contribution is 7.40. The highest BCUT2D eigenvalue weighted by Gasteiger charge is 2.47. The fraction of sp³-hybridized carbons (Fsp3) is 1.00. The van der Waals surface area contributed by atoms with Crippen LogP contribution < -0.4 is 0 Å². The van der Waals surface area contributed by atoms with Crippen LogP contribution >= 0.6 is 8.03 Å². The number of hydrogen-bond donors (Lipinski definition) is 1. The maximum Gasteiger partial charge on any atom is 0.511 e. The lowest BCUT2D eigenvalue weighted by Crippen LogP contribution is -2.25. The van der Waals surface area contributed by atoms with Gasteiger partial charge in [0.05, 0.1) is 0 Å². The second-order valence-electron chi connectivity index (χ2n) is 6.58. The van der Waals surface area contributed by atoms with Crippen LogP contribution in [0.3, 0.4) is 0 Å². The Kier molecular flexibility index (Phi) is 13.7. The molecule has 0 bridgehead atoms. The Balaban J connectivity index is 4.50. The molecule has 1 N–H and O–H groups in total. The predicted octanol–water partition coefficient (Wildman–Crippen LogP) is 6.98. The molecule has 1 atom stereocenters. The summed E-state index contributed by atoms with van der Waals surface area (Å²) in [4.78, 5) is 9.98. The maximum absolute atomic E-state index is 12.1. The lowest BCUT2D eigenvalue weighted by molar-refractivity contribution is 0.357. The minimum atomic E-state index is -2.06. The van der Waals surface area contributed by atoms with Gasteiger partial charge in [-0.2, -0.15) is 4.89 Å². The van der Waals surface area contributed by atoms with Gasteiger partial charge in [-0.1, -0.05) is 72.1 Å². The highest BCUT2D eigenvalue weighted by Crippen LogP contribution is 2.47. The molecule has 1 unspecified atom stereocenters. The van der Waals surface area contributed by atoms with Crippen LogP contribution in [0.2, 0.25) is 0 Å². The maximum atomic E-state index is 12.1. The Labute approximate surface area is 134 Å². The van der Waals surface area contributed by atoms with Crippen LogP contribution in [0, 0.1) is 0 Å². The summed E-state index contributed by atoms with van der Waals surface area (Å²) in [6.45, 7) is 6.63. The van der Waals surface area contributed by atoms with Crippen molar-refractivity contribution < 1.29 is 9.46 Å². The Hall–Kier alpha value is 0.0600. The first-order chi connectivity index (χ1) is 10.1. The fourth-order valence-electron chi connectivity index (χ4n) is 3.13. The number of rotatable bonds is 15. The zero-order chi connectivity index (χ0) is 16.0. The van der Waals surface area contributed by atoms with E-state index in [2.05, 4.69) is 20.8 Å². The van der Waals surface area contributed by atoms with Gasteiger partial charge in [0.15, 0.2) is 5.16 Å². The van der Waals surface area contributed by atoms with Crippen molar-refractivity contribution in [2.75, 3.05) is 0 Å².